The van der Waals surface area contributed by atoms with E-state index in [0.717, 1.165) is 6.42 Å². The van der Waals surface area contributed by atoms with Crippen LogP contribution < -0.4 is 5.32 Å². The van der Waals surface area contributed by atoms with Gasteiger partial charge in [-0.2, -0.15) is 0 Å². The maximum Gasteiger partial charge on any atom is 0.310 e. The molecule has 116 valence electrons. The molecule has 0 aliphatic carbocycles. The minimum Gasteiger partial charge on any atom is -0.481 e. The Labute approximate surface area is 123 Å². The van der Waals surface area contributed by atoms with Crippen LogP contribution in [-0.2, 0) is 4.79 Å². The lowest BCUT2D eigenvalue weighted by atomic mass is 9.88. The van der Waals surface area contributed by atoms with E-state index in [0.29, 0.717) is 24.6 Å². The van der Waals surface area contributed by atoms with E-state index in [1.165, 1.54) is 12.4 Å². The first-order chi connectivity index (χ1) is 9.91. The van der Waals surface area contributed by atoms with Gasteiger partial charge in [0.2, 0.25) is 0 Å². The standard InChI is InChI=1S/C14H21N3O4/c1-10(2)11(3-4-14(18)19)5-8-16-12-6-7-15-9-13(12)17(20)21/h6-7,9-11H,3-5,8H2,1-2H3,(H,15,16)(H,18,19). The quantitative estimate of drug-likeness (QED) is 0.536. The normalized spacial score (nSPS) is 12.1. The number of rotatable bonds is 9. The summed E-state index contributed by atoms with van der Waals surface area (Å²) in [6.07, 6.45) is 4.25. The second-order valence-corrected chi connectivity index (χ2v) is 5.30. The molecule has 1 heterocycles. The van der Waals surface area contributed by atoms with Gasteiger partial charge < -0.3 is 10.4 Å². The highest BCUT2D eigenvalue weighted by molar-refractivity contribution is 5.66. The Bertz CT molecular complexity index is 491. The van der Waals surface area contributed by atoms with E-state index < -0.39 is 10.9 Å². The Hall–Kier alpha value is -2.18. The number of hydrogen-bond donors (Lipinski definition) is 2. The van der Waals surface area contributed by atoms with Crippen molar-refractivity contribution in [1.82, 2.24) is 4.98 Å². The summed E-state index contributed by atoms with van der Waals surface area (Å²) in [7, 11) is 0. The average molecular weight is 295 g/mol. The third kappa shape index (κ3) is 5.76. The van der Waals surface area contributed by atoms with E-state index in [9.17, 15) is 14.9 Å². The summed E-state index contributed by atoms with van der Waals surface area (Å²) in [6.45, 7) is 4.68. The number of carboxylic acid groups (broad SMARTS) is 1. The third-order valence-corrected chi connectivity index (χ3v) is 3.50. The monoisotopic (exact) mass is 295 g/mol. The van der Waals surface area contributed by atoms with Crippen LogP contribution in [0.4, 0.5) is 11.4 Å². The first kappa shape index (κ1) is 16.9. The van der Waals surface area contributed by atoms with Crippen molar-refractivity contribution in [1.29, 1.82) is 0 Å². The molecule has 1 aromatic heterocycles. The van der Waals surface area contributed by atoms with Gasteiger partial charge in [-0.3, -0.25) is 19.9 Å². The number of carbonyl (C=O) groups is 1. The predicted molar refractivity (Wildman–Crippen MR) is 79.2 cm³/mol. The Balaban J connectivity index is 2.54. The van der Waals surface area contributed by atoms with E-state index in [2.05, 4.69) is 24.1 Å². The zero-order valence-corrected chi connectivity index (χ0v) is 12.3. The van der Waals surface area contributed by atoms with Crippen LogP contribution in [0, 0.1) is 22.0 Å². The van der Waals surface area contributed by atoms with Crippen molar-refractivity contribution in [3.8, 4) is 0 Å². The second kappa shape index (κ2) is 8.18. The molecule has 0 amide bonds. The van der Waals surface area contributed by atoms with Crippen LogP contribution in [0.5, 0.6) is 0 Å². The highest BCUT2D eigenvalue weighted by Gasteiger charge is 2.16. The van der Waals surface area contributed by atoms with E-state index >= 15 is 0 Å². The van der Waals surface area contributed by atoms with Crippen LogP contribution in [-0.4, -0.2) is 27.5 Å². The number of nitrogens with one attached hydrogen (secondary N) is 1. The van der Waals surface area contributed by atoms with E-state index in [-0.39, 0.29) is 18.0 Å². The van der Waals surface area contributed by atoms with Gasteiger partial charge in [-0.05, 0) is 30.7 Å². The highest BCUT2D eigenvalue weighted by atomic mass is 16.6. The molecule has 0 fully saturated rings. The first-order valence-electron chi connectivity index (χ1n) is 6.96. The van der Waals surface area contributed by atoms with Crippen molar-refractivity contribution in [2.75, 3.05) is 11.9 Å². The molecule has 7 heteroatoms. The fourth-order valence-electron chi connectivity index (χ4n) is 2.19. The average Bonchev–Trinajstić information content (AvgIpc) is 2.42. The molecule has 7 nitrogen and oxygen atoms in total. The molecule has 0 aliphatic rings. The lowest BCUT2D eigenvalue weighted by Gasteiger charge is -2.20. The summed E-state index contributed by atoms with van der Waals surface area (Å²) < 4.78 is 0. The molecule has 1 unspecified atom stereocenters. The largest absolute Gasteiger partial charge is 0.481 e. The van der Waals surface area contributed by atoms with Gasteiger partial charge in [0.15, 0.2) is 0 Å². The van der Waals surface area contributed by atoms with Crippen LogP contribution >= 0.6 is 0 Å². The number of anilines is 1. The SMILES string of the molecule is CC(C)C(CCNc1ccncc1[N+](=O)[O-])CCC(=O)O. The summed E-state index contributed by atoms with van der Waals surface area (Å²) in [5, 5.41) is 22.7. The Morgan fingerprint density at radius 1 is 1.48 bits per heavy atom. The summed E-state index contributed by atoms with van der Waals surface area (Å²) in [5.74, 6) is -0.147. The molecule has 21 heavy (non-hydrogen) atoms. The maximum atomic E-state index is 10.9. The van der Waals surface area contributed by atoms with Crippen LogP contribution in [0.3, 0.4) is 0 Å². The lowest BCUT2D eigenvalue weighted by Crippen LogP contribution is -2.16. The summed E-state index contributed by atoms with van der Waals surface area (Å²) in [6, 6.07) is 1.57. The number of nitro groups is 1. The van der Waals surface area contributed by atoms with Crippen LogP contribution in [0.15, 0.2) is 18.5 Å². The summed E-state index contributed by atoms with van der Waals surface area (Å²) in [4.78, 5) is 24.8. The topological polar surface area (TPSA) is 105 Å². The molecule has 1 atom stereocenters. The molecular weight excluding hydrogens is 274 g/mol. The maximum absolute atomic E-state index is 10.9. The number of aliphatic carboxylic acids is 1. The molecule has 0 saturated heterocycles. The van der Waals surface area contributed by atoms with Crippen LogP contribution in [0.25, 0.3) is 0 Å². The molecule has 0 bridgehead atoms. The number of nitrogens with zero attached hydrogens (tertiary/aromatic N) is 2. The van der Waals surface area contributed by atoms with Crippen molar-refractivity contribution in [2.45, 2.75) is 33.1 Å². The summed E-state index contributed by atoms with van der Waals surface area (Å²) in [5.41, 5.74) is 0.389. The van der Waals surface area contributed by atoms with E-state index in [1.807, 2.05) is 0 Å². The smallest absolute Gasteiger partial charge is 0.310 e. The van der Waals surface area contributed by atoms with E-state index in [1.54, 1.807) is 6.07 Å². The van der Waals surface area contributed by atoms with Crippen molar-refractivity contribution in [3.63, 3.8) is 0 Å². The van der Waals surface area contributed by atoms with Gasteiger partial charge in [0.05, 0.1) is 4.92 Å². The highest BCUT2D eigenvalue weighted by Crippen LogP contribution is 2.24. The molecule has 0 aliphatic heterocycles. The number of carboxylic acids is 1. The van der Waals surface area contributed by atoms with Crippen molar-refractivity contribution in [2.24, 2.45) is 11.8 Å². The van der Waals surface area contributed by atoms with Gasteiger partial charge >= 0.3 is 11.7 Å². The minimum atomic E-state index is -0.793. The van der Waals surface area contributed by atoms with Gasteiger partial charge in [-0.25, -0.2) is 0 Å². The van der Waals surface area contributed by atoms with Crippen LogP contribution in [0.2, 0.25) is 0 Å². The van der Waals surface area contributed by atoms with Gasteiger partial charge in [0.1, 0.15) is 11.9 Å². The van der Waals surface area contributed by atoms with Gasteiger partial charge in [0, 0.05) is 19.2 Å². The summed E-state index contributed by atoms with van der Waals surface area (Å²) >= 11 is 0. The molecule has 0 saturated carbocycles. The second-order valence-electron chi connectivity index (χ2n) is 5.30. The molecule has 0 spiro atoms. The van der Waals surface area contributed by atoms with Gasteiger partial charge in [0.25, 0.3) is 0 Å². The first-order valence-corrected chi connectivity index (χ1v) is 6.96. The van der Waals surface area contributed by atoms with Gasteiger partial charge in [-0.1, -0.05) is 13.8 Å². The zero-order valence-electron chi connectivity index (χ0n) is 12.3. The van der Waals surface area contributed by atoms with Crippen molar-refractivity contribution >= 4 is 17.3 Å². The van der Waals surface area contributed by atoms with Crippen molar-refractivity contribution < 1.29 is 14.8 Å². The Morgan fingerprint density at radius 3 is 2.76 bits per heavy atom. The van der Waals surface area contributed by atoms with E-state index in [4.69, 9.17) is 5.11 Å². The van der Waals surface area contributed by atoms with Crippen molar-refractivity contribution in [3.05, 3.63) is 28.6 Å². The molecule has 1 rings (SSSR count). The minimum absolute atomic E-state index is 0.0517. The Kier molecular flexibility index (Phi) is 6.58. The lowest BCUT2D eigenvalue weighted by molar-refractivity contribution is -0.384. The third-order valence-electron chi connectivity index (χ3n) is 3.50. The van der Waals surface area contributed by atoms with Crippen LogP contribution in [0.1, 0.15) is 33.1 Å². The molecule has 1 aromatic rings. The fourth-order valence-corrected chi connectivity index (χ4v) is 2.19. The predicted octanol–water partition coefficient (Wildman–Crippen LogP) is 2.93. The zero-order chi connectivity index (χ0) is 15.8. The number of pyridine rings is 1. The molecule has 0 radical (unpaired) electrons. The number of hydrogen-bond acceptors (Lipinski definition) is 5. The fraction of sp³-hybridized carbons (Fsp3) is 0.571. The number of aromatic nitrogens is 1. The molecule has 0 aromatic carbocycles. The Morgan fingerprint density at radius 2 is 2.19 bits per heavy atom. The van der Waals surface area contributed by atoms with Gasteiger partial charge in [-0.15, -0.1) is 0 Å². The molecular formula is C14H21N3O4. The molecule has 2 N–H and O–H groups in total.